The van der Waals surface area contributed by atoms with Gasteiger partial charge in [-0.05, 0) is 24.3 Å². The molecule has 0 aromatic carbocycles. The highest BCUT2D eigenvalue weighted by atomic mass is 79.9. The van der Waals surface area contributed by atoms with E-state index in [0.717, 1.165) is 0 Å². The zero-order valence-electron chi connectivity index (χ0n) is 6.04. The molecule has 0 unspecified atom stereocenters. The average molecular weight is 218 g/mol. The number of hydrogen-bond donors (Lipinski definition) is 1. The van der Waals surface area contributed by atoms with Crippen LogP contribution in [-0.2, 0) is 0 Å². The molecule has 0 aliphatic heterocycles. The Balaban J connectivity index is 4.26. The minimum Gasteiger partial charge on any atom is -0.507 e. The minimum atomic E-state index is 0.0507. The second kappa shape index (κ2) is 4.85. The van der Waals surface area contributed by atoms with Crippen LogP contribution in [0.2, 0.25) is 0 Å². The molecule has 0 atom stereocenters. The lowest BCUT2D eigenvalue weighted by Crippen LogP contribution is -1.75. The van der Waals surface area contributed by atoms with Crippen molar-refractivity contribution in [2.75, 3.05) is 0 Å². The first-order chi connectivity index (χ1) is 5.07. The van der Waals surface area contributed by atoms with Gasteiger partial charge in [-0.2, -0.15) is 0 Å². The predicted molar refractivity (Wildman–Crippen MR) is 48.3 cm³/mol. The van der Waals surface area contributed by atoms with E-state index in [2.05, 4.69) is 27.7 Å². The second-order valence-corrected chi connectivity index (χ2v) is 3.02. The fourth-order valence-corrected chi connectivity index (χ4v) is 0.453. The van der Waals surface area contributed by atoms with Gasteiger partial charge < -0.3 is 5.11 Å². The quantitative estimate of drug-likeness (QED) is 0.449. The van der Waals surface area contributed by atoms with Crippen LogP contribution in [0.25, 0.3) is 0 Å². The normalized spacial score (nSPS) is 12.9. The standard InChI is InChI=1S/C7H8BrNO2/c1-5(9-11)3-4-7(10)6(2)8/h3-4,10H,1H2,2H3/b4-3-,7-6-. The van der Waals surface area contributed by atoms with Crippen molar-refractivity contribution < 1.29 is 5.11 Å². The third-order valence-electron chi connectivity index (χ3n) is 0.904. The van der Waals surface area contributed by atoms with E-state index in [1.54, 1.807) is 6.92 Å². The Morgan fingerprint density at radius 3 is 2.55 bits per heavy atom. The molecule has 0 aliphatic rings. The molecule has 0 bridgehead atoms. The molecule has 0 aromatic rings. The third kappa shape index (κ3) is 4.50. The molecule has 11 heavy (non-hydrogen) atoms. The van der Waals surface area contributed by atoms with Crippen molar-refractivity contribution in [1.29, 1.82) is 0 Å². The van der Waals surface area contributed by atoms with Gasteiger partial charge in [0.2, 0.25) is 0 Å². The van der Waals surface area contributed by atoms with Crippen LogP contribution < -0.4 is 0 Å². The Hall–Kier alpha value is -0.900. The molecule has 0 fully saturated rings. The zero-order valence-corrected chi connectivity index (χ0v) is 7.63. The Labute approximate surface area is 73.2 Å². The van der Waals surface area contributed by atoms with Gasteiger partial charge >= 0.3 is 0 Å². The fourth-order valence-electron chi connectivity index (χ4n) is 0.320. The van der Waals surface area contributed by atoms with Crippen molar-refractivity contribution >= 4 is 15.9 Å². The Morgan fingerprint density at radius 2 is 2.18 bits per heavy atom. The summed E-state index contributed by atoms with van der Waals surface area (Å²) >= 11 is 3.05. The summed E-state index contributed by atoms with van der Waals surface area (Å²) in [5.41, 5.74) is 0.0744. The first kappa shape index (κ1) is 10.1. The summed E-state index contributed by atoms with van der Waals surface area (Å²) in [4.78, 5) is 9.78. The van der Waals surface area contributed by atoms with Crippen molar-refractivity contribution in [3.8, 4) is 0 Å². The maximum Gasteiger partial charge on any atom is 0.125 e. The predicted octanol–water partition coefficient (Wildman–Crippen LogP) is 3.01. The lowest BCUT2D eigenvalue weighted by Gasteiger charge is -1.90. The van der Waals surface area contributed by atoms with Crippen LogP contribution in [-0.4, -0.2) is 5.11 Å². The Morgan fingerprint density at radius 1 is 1.64 bits per heavy atom. The molecular formula is C7H8BrNO2. The summed E-state index contributed by atoms with van der Waals surface area (Å²) in [6, 6.07) is 0. The summed E-state index contributed by atoms with van der Waals surface area (Å²) in [6.45, 7) is 4.97. The molecule has 0 saturated carbocycles. The molecule has 60 valence electrons. The summed E-state index contributed by atoms with van der Waals surface area (Å²) in [7, 11) is 0. The number of nitroso groups, excluding NO2 is 1. The van der Waals surface area contributed by atoms with E-state index in [-0.39, 0.29) is 11.5 Å². The maximum absolute atomic E-state index is 9.78. The van der Waals surface area contributed by atoms with Gasteiger partial charge in [0.05, 0.1) is 0 Å². The molecule has 0 radical (unpaired) electrons. The highest BCUT2D eigenvalue weighted by Gasteiger charge is 1.90. The van der Waals surface area contributed by atoms with Gasteiger partial charge in [0.1, 0.15) is 11.5 Å². The number of halogens is 1. The Kier molecular flexibility index (Phi) is 4.45. The van der Waals surface area contributed by atoms with Crippen molar-refractivity contribution in [2.45, 2.75) is 6.92 Å². The van der Waals surface area contributed by atoms with E-state index in [9.17, 15) is 4.91 Å². The molecule has 0 heterocycles. The van der Waals surface area contributed by atoms with Crippen LogP contribution in [0.15, 0.2) is 39.8 Å². The molecule has 0 saturated heterocycles. The lowest BCUT2D eigenvalue weighted by molar-refractivity contribution is 0.430. The highest BCUT2D eigenvalue weighted by molar-refractivity contribution is 9.11. The van der Waals surface area contributed by atoms with Gasteiger partial charge in [-0.3, -0.25) is 0 Å². The van der Waals surface area contributed by atoms with E-state index < -0.39 is 0 Å². The number of nitrogens with zero attached hydrogens (tertiary/aromatic N) is 1. The van der Waals surface area contributed by atoms with Gasteiger partial charge in [0, 0.05) is 4.48 Å². The van der Waals surface area contributed by atoms with Crippen LogP contribution in [0.5, 0.6) is 0 Å². The van der Waals surface area contributed by atoms with Crippen molar-refractivity contribution in [3.63, 3.8) is 0 Å². The first-order valence-electron chi connectivity index (χ1n) is 2.83. The molecule has 1 N–H and O–H groups in total. The molecule has 0 amide bonds. The molecular weight excluding hydrogens is 210 g/mol. The summed E-state index contributed by atoms with van der Waals surface area (Å²) in [6.07, 6.45) is 2.67. The van der Waals surface area contributed by atoms with Crippen molar-refractivity contribution in [3.05, 3.63) is 39.6 Å². The van der Waals surface area contributed by atoms with Crippen molar-refractivity contribution in [2.24, 2.45) is 5.18 Å². The molecule has 0 spiro atoms. The summed E-state index contributed by atoms with van der Waals surface area (Å²) in [5.74, 6) is 0.0507. The van der Waals surface area contributed by atoms with Gasteiger partial charge in [0.15, 0.2) is 0 Å². The highest BCUT2D eigenvalue weighted by Crippen LogP contribution is 2.09. The zero-order chi connectivity index (χ0) is 8.85. The van der Waals surface area contributed by atoms with E-state index in [1.165, 1.54) is 12.2 Å². The van der Waals surface area contributed by atoms with Crippen LogP contribution in [0.4, 0.5) is 0 Å². The minimum absolute atomic E-state index is 0.0507. The Bertz CT molecular complexity index is 227. The molecule has 3 nitrogen and oxygen atoms in total. The molecule has 0 rings (SSSR count). The van der Waals surface area contributed by atoms with Gasteiger partial charge in [0.25, 0.3) is 0 Å². The second-order valence-electron chi connectivity index (χ2n) is 1.83. The van der Waals surface area contributed by atoms with Crippen molar-refractivity contribution in [1.82, 2.24) is 0 Å². The van der Waals surface area contributed by atoms with Crippen LogP contribution in [0, 0.1) is 4.91 Å². The summed E-state index contributed by atoms with van der Waals surface area (Å²) in [5, 5.41) is 11.6. The van der Waals surface area contributed by atoms with Gasteiger partial charge in [-0.25, -0.2) is 0 Å². The topological polar surface area (TPSA) is 49.7 Å². The first-order valence-corrected chi connectivity index (χ1v) is 3.63. The van der Waals surface area contributed by atoms with Crippen LogP contribution in [0.1, 0.15) is 6.92 Å². The number of aliphatic hydroxyl groups is 1. The van der Waals surface area contributed by atoms with E-state index >= 15 is 0 Å². The van der Waals surface area contributed by atoms with E-state index in [1.807, 2.05) is 0 Å². The van der Waals surface area contributed by atoms with Crippen LogP contribution >= 0.6 is 15.9 Å². The number of hydrogen-bond acceptors (Lipinski definition) is 3. The smallest absolute Gasteiger partial charge is 0.125 e. The third-order valence-corrected chi connectivity index (χ3v) is 1.31. The largest absolute Gasteiger partial charge is 0.507 e. The molecule has 0 aliphatic carbocycles. The van der Waals surface area contributed by atoms with Crippen LogP contribution in [0.3, 0.4) is 0 Å². The monoisotopic (exact) mass is 217 g/mol. The summed E-state index contributed by atoms with van der Waals surface area (Å²) < 4.78 is 0.590. The molecule has 0 aromatic heterocycles. The molecule has 4 heteroatoms. The van der Waals surface area contributed by atoms with Gasteiger partial charge in [-0.15, -0.1) is 4.91 Å². The SMILES string of the molecule is C=C(/C=C\C(O)=C(/C)Br)N=O. The number of aliphatic hydroxyl groups excluding tert-OH is 1. The number of rotatable bonds is 3. The number of allylic oxidation sites excluding steroid dienone is 3. The van der Waals surface area contributed by atoms with E-state index in [4.69, 9.17) is 5.11 Å². The van der Waals surface area contributed by atoms with Gasteiger partial charge in [-0.1, -0.05) is 22.5 Å². The fraction of sp³-hybridized carbons (Fsp3) is 0.143. The van der Waals surface area contributed by atoms with E-state index in [0.29, 0.717) is 4.48 Å². The maximum atomic E-state index is 9.78. The average Bonchev–Trinajstić information content (AvgIpc) is 1.99. The lowest BCUT2D eigenvalue weighted by atomic mass is 10.3.